The molecule has 0 saturated heterocycles. The fourth-order valence-electron chi connectivity index (χ4n) is 1.67. The molecule has 0 radical (unpaired) electrons. The molecule has 0 amide bonds. The third-order valence-electron chi connectivity index (χ3n) is 2.38. The highest BCUT2D eigenvalue weighted by atomic mass is 31.0. The first-order valence-electron chi connectivity index (χ1n) is 4.38. The van der Waals surface area contributed by atoms with E-state index in [1.165, 1.54) is 19.3 Å². The largest absolute Gasteiger partial charge is 0.229 e. The Hall–Kier alpha value is -0.500. The summed E-state index contributed by atoms with van der Waals surface area (Å²) >= 11 is 0. The van der Waals surface area contributed by atoms with Crippen LogP contribution in [0.2, 0.25) is 0 Å². The second kappa shape index (κ2) is 3.48. The number of aryl methyl sites for hydroxylation is 1. The SMILES string of the molecule is PCC1CCCCn2nnnc21. The zero-order valence-corrected chi connectivity index (χ0v) is 8.13. The highest BCUT2D eigenvalue weighted by molar-refractivity contribution is 7.16. The van der Waals surface area contributed by atoms with Gasteiger partial charge >= 0.3 is 0 Å². The Labute approximate surface area is 73.9 Å². The van der Waals surface area contributed by atoms with Crippen LogP contribution in [-0.2, 0) is 6.54 Å². The van der Waals surface area contributed by atoms with Crippen molar-refractivity contribution in [3.8, 4) is 0 Å². The van der Waals surface area contributed by atoms with Gasteiger partial charge in [-0.3, -0.25) is 0 Å². The summed E-state index contributed by atoms with van der Waals surface area (Å²) in [7, 11) is 2.78. The van der Waals surface area contributed by atoms with Gasteiger partial charge in [0.1, 0.15) is 0 Å². The van der Waals surface area contributed by atoms with Crippen molar-refractivity contribution in [2.75, 3.05) is 6.16 Å². The lowest BCUT2D eigenvalue weighted by molar-refractivity contribution is 0.556. The lowest BCUT2D eigenvalue weighted by Crippen LogP contribution is -2.07. The van der Waals surface area contributed by atoms with Gasteiger partial charge in [0.25, 0.3) is 0 Å². The summed E-state index contributed by atoms with van der Waals surface area (Å²) in [5.74, 6) is 1.62. The zero-order chi connectivity index (χ0) is 8.39. The van der Waals surface area contributed by atoms with Crippen LogP contribution in [0.15, 0.2) is 0 Å². The van der Waals surface area contributed by atoms with E-state index in [1.807, 2.05) is 4.68 Å². The van der Waals surface area contributed by atoms with Crippen molar-refractivity contribution < 1.29 is 0 Å². The monoisotopic (exact) mass is 184 g/mol. The van der Waals surface area contributed by atoms with Crippen LogP contribution in [0.1, 0.15) is 31.0 Å². The molecule has 2 atom stereocenters. The maximum Gasteiger partial charge on any atom is 0.154 e. The lowest BCUT2D eigenvalue weighted by atomic mass is 10.1. The first-order chi connectivity index (χ1) is 5.92. The molecule has 66 valence electrons. The molecule has 2 rings (SSSR count). The second-order valence-corrected chi connectivity index (χ2v) is 3.66. The van der Waals surface area contributed by atoms with Gasteiger partial charge in [-0.25, -0.2) is 4.68 Å². The Bertz CT molecular complexity index is 260. The number of hydrogen-bond donors (Lipinski definition) is 0. The van der Waals surface area contributed by atoms with E-state index < -0.39 is 0 Å². The molecule has 12 heavy (non-hydrogen) atoms. The Morgan fingerprint density at radius 1 is 1.50 bits per heavy atom. The summed E-state index contributed by atoms with van der Waals surface area (Å²) in [6, 6.07) is 0. The molecule has 1 aliphatic rings. The van der Waals surface area contributed by atoms with Gasteiger partial charge in [-0.15, -0.1) is 14.3 Å². The van der Waals surface area contributed by atoms with Gasteiger partial charge in [-0.1, -0.05) is 6.42 Å². The van der Waals surface area contributed by atoms with Gasteiger partial charge < -0.3 is 0 Å². The number of fused-ring (bicyclic) bond motifs is 1. The Morgan fingerprint density at radius 2 is 2.42 bits per heavy atom. The second-order valence-electron chi connectivity index (χ2n) is 3.19. The molecule has 5 heteroatoms. The number of rotatable bonds is 1. The summed E-state index contributed by atoms with van der Waals surface area (Å²) in [6.07, 6.45) is 4.79. The van der Waals surface area contributed by atoms with E-state index in [-0.39, 0.29) is 0 Å². The van der Waals surface area contributed by atoms with Gasteiger partial charge in [0.15, 0.2) is 5.82 Å². The molecule has 0 saturated carbocycles. The predicted octanol–water partition coefficient (Wildman–Crippen LogP) is 0.816. The standard InChI is InChI=1S/C7H13N4P/c12-5-6-3-1-2-4-11-7(6)8-9-10-11/h6H,1-5,12H2. The van der Waals surface area contributed by atoms with E-state index >= 15 is 0 Å². The van der Waals surface area contributed by atoms with E-state index in [9.17, 15) is 0 Å². The summed E-state index contributed by atoms with van der Waals surface area (Å²) in [5.41, 5.74) is 0. The van der Waals surface area contributed by atoms with Crippen LogP contribution in [0.25, 0.3) is 0 Å². The number of hydrogen-bond acceptors (Lipinski definition) is 3. The third kappa shape index (κ3) is 1.36. The molecule has 0 bridgehead atoms. The number of nitrogens with zero attached hydrogens (tertiary/aromatic N) is 4. The van der Waals surface area contributed by atoms with E-state index in [0.717, 1.165) is 18.5 Å². The molecular weight excluding hydrogens is 171 g/mol. The molecule has 4 nitrogen and oxygen atoms in total. The molecule has 0 aliphatic carbocycles. The van der Waals surface area contributed by atoms with Crippen LogP contribution in [0.5, 0.6) is 0 Å². The van der Waals surface area contributed by atoms with Gasteiger partial charge in [0.2, 0.25) is 0 Å². The molecule has 0 aromatic carbocycles. The molecular formula is C7H13N4P. The van der Waals surface area contributed by atoms with Crippen molar-refractivity contribution in [2.45, 2.75) is 31.7 Å². The lowest BCUT2D eigenvalue weighted by Gasteiger charge is -2.08. The highest BCUT2D eigenvalue weighted by Gasteiger charge is 2.19. The van der Waals surface area contributed by atoms with Crippen LogP contribution in [0, 0.1) is 0 Å². The van der Waals surface area contributed by atoms with Crippen molar-refractivity contribution in [1.29, 1.82) is 0 Å². The van der Waals surface area contributed by atoms with Crippen molar-refractivity contribution in [3.05, 3.63) is 5.82 Å². The quantitative estimate of drug-likeness (QED) is 0.607. The van der Waals surface area contributed by atoms with E-state index in [0.29, 0.717) is 5.92 Å². The molecule has 0 spiro atoms. The van der Waals surface area contributed by atoms with Crippen molar-refractivity contribution in [1.82, 2.24) is 20.2 Å². The average Bonchev–Trinajstić information content (AvgIpc) is 2.46. The van der Waals surface area contributed by atoms with Crippen molar-refractivity contribution in [2.24, 2.45) is 0 Å². The molecule has 0 N–H and O–H groups in total. The molecule has 2 heterocycles. The van der Waals surface area contributed by atoms with Gasteiger partial charge in [-0.05, 0) is 29.4 Å². The van der Waals surface area contributed by atoms with Gasteiger partial charge in [0.05, 0.1) is 0 Å². The third-order valence-corrected chi connectivity index (χ3v) is 2.95. The number of tetrazole rings is 1. The fraction of sp³-hybridized carbons (Fsp3) is 0.857. The van der Waals surface area contributed by atoms with E-state index in [1.54, 1.807) is 0 Å². The minimum absolute atomic E-state index is 0.549. The molecule has 2 unspecified atom stereocenters. The molecule has 1 aliphatic heterocycles. The Morgan fingerprint density at radius 3 is 3.25 bits per heavy atom. The topological polar surface area (TPSA) is 43.6 Å². The maximum atomic E-state index is 4.06. The Balaban J connectivity index is 2.29. The van der Waals surface area contributed by atoms with Crippen molar-refractivity contribution >= 4 is 9.24 Å². The van der Waals surface area contributed by atoms with Crippen LogP contribution < -0.4 is 0 Å². The van der Waals surface area contributed by atoms with Crippen LogP contribution >= 0.6 is 9.24 Å². The number of aromatic nitrogens is 4. The Kier molecular flexibility index (Phi) is 2.35. The molecule has 0 fully saturated rings. The molecule has 1 aromatic rings. The van der Waals surface area contributed by atoms with Crippen LogP contribution in [0.4, 0.5) is 0 Å². The maximum absolute atomic E-state index is 4.06. The fourth-order valence-corrected chi connectivity index (χ4v) is 2.11. The highest BCUT2D eigenvalue weighted by Crippen LogP contribution is 2.25. The van der Waals surface area contributed by atoms with Crippen LogP contribution in [-0.4, -0.2) is 26.4 Å². The molecule has 1 aromatic heterocycles. The minimum Gasteiger partial charge on any atom is -0.229 e. The zero-order valence-electron chi connectivity index (χ0n) is 6.98. The summed E-state index contributed by atoms with van der Waals surface area (Å²) < 4.78 is 1.95. The minimum atomic E-state index is 0.549. The van der Waals surface area contributed by atoms with Gasteiger partial charge in [-0.2, -0.15) is 0 Å². The van der Waals surface area contributed by atoms with Crippen molar-refractivity contribution in [3.63, 3.8) is 0 Å². The summed E-state index contributed by atoms with van der Waals surface area (Å²) in [6.45, 7) is 0.990. The first-order valence-corrected chi connectivity index (χ1v) is 5.19. The van der Waals surface area contributed by atoms with E-state index in [4.69, 9.17) is 0 Å². The normalized spacial score (nSPS) is 23.2. The first kappa shape index (κ1) is 8.11. The van der Waals surface area contributed by atoms with E-state index in [2.05, 4.69) is 24.8 Å². The average molecular weight is 184 g/mol. The van der Waals surface area contributed by atoms with Gasteiger partial charge in [0, 0.05) is 12.5 Å². The predicted molar refractivity (Wildman–Crippen MR) is 49.0 cm³/mol. The van der Waals surface area contributed by atoms with Crippen LogP contribution in [0.3, 0.4) is 0 Å². The summed E-state index contributed by atoms with van der Waals surface area (Å²) in [5, 5.41) is 11.7. The summed E-state index contributed by atoms with van der Waals surface area (Å²) in [4.78, 5) is 0. The smallest absolute Gasteiger partial charge is 0.154 e.